The molecular formula is C18H20N4O4. The smallest absolute Gasteiger partial charge is 0.319 e. The average Bonchev–Trinajstić information content (AvgIpc) is 2.56. The number of hydrogen-bond acceptors (Lipinski definition) is 4. The molecule has 0 aliphatic carbocycles. The fourth-order valence-electron chi connectivity index (χ4n) is 2.33. The number of urea groups is 1. The molecule has 0 aliphatic rings. The number of amides is 3. The van der Waals surface area contributed by atoms with Crippen LogP contribution in [-0.2, 0) is 11.2 Å². The van der Waals surface area contributed by atoms with Gasteiger partial charge in [0.25, 0.3) is 5.69 Å². The van der Waals surface area contributed by atoms with E-state index in [-0.39, 0.29) is 24.2 Å². The van der Waals surface area contributed by atoms with E-state index in [1.54, 1.807) is 36.4 Å². The van der Waals surface area contributed by atoms with Crippen LogP contribution in [0.4, 0.5) is 21.9 Å². The van der Waals surface area contributed by atoms with E-state index in [1.807, 2.05) is 13.8 Å². The Labute approximate surface area is 150 Å². The number of anilines is 2. The van der Waals surface area contributed by atoms with Crippen LogP contribution in [0.15, 0.2) is 48.5 Å². The van der Waals surface area contributed by atoms with E-state index in [1.165, 1.54) is 12.1 Å². The molecular weight excluding hydrogens is 336 g/mol. The topological polar surface area (TPSA) is 113 Å². The van der Waals surface area contributed by atoms with Gasteiger partial charge >= 0.3 is 6.03 Å². The predicted molar refractivity (Wildman–Crippen MR) is 99.2 cm³/mol. The lowest BCUT2D eigenvalue weighted by Crippen LogP contribution is -2.34. The van der Waals surface area contributed by atoms with Crippen LogP contribution in [0, 0.1) is 10.1 Å². The fraction of sp³-hybridized carbons (Fsp3) is 0.222. The zero-order valence-electron chi connectivity index (χ0n) is 14.5. The molecule has 3 amide bonds. The van der Waals surface area contributed by atoms with Crippen LogP contribution < -0.4 is 16.0 Å². The Bertz CT molecular complexity index is 820. The van der Waals surface area contributed by atoms with Crippen LogP contribution in [0.25, 0.3) is 0 Å². The van der Waals surface area contributed by atoms with E-state index in [4.69, 9.17) is 0 Å². The van der Waals surface area contributed by atoms with Crippen LogP contribution in [0.2, 0.25) is 0 Å². The number of carbonyl (C=O) groups excluding carboxylic acids is 2. The van der Waals surface area contributed by atoms with E-state index in [0.717, 1.165) is 0 Å². The highest BCUT2D eigenvalue weighted by Gasteiger charge is 2.16. The minimum atomic E-state index is -0.519. The Morgan fingerprint density at radius 1 is 1.00 bits per heavy atom. The first-order valence-electron chi connectivity index (χ1n) is 8.05. The molecule has 2 aromatic carbocycles. The summed E-state index contributed by atoms with van der Waals surface area (Å²) in [4.78, 5) is 34.7. The Hall–Kier alpha value is -3.42. The molecule has 26 heavy (non-hydrogen) atoms. The van der Waals surface area contributed by atoms with Crippen molar-refractivity contribution in [1.29, 1.82) is 0 Å². The standard InChI is InChI=1S/C18H20N4O4/c1-12(2)19-18(24)21-15-9-5-4-8-14(15)20-17(23)11-13-7-3-6-10-16(13)22(25)26/h3-10,12H,11H2,1-2H3,(H,20,23)(H2,19,21,24). The third-order valence-corrected chi connectivity index (χ3v) is 3.41. The first-order chi connectivity index (χ1) is 12.4. The number of nitro benzene ring substituents is 1. The monoisotopic (exact) mass is 356 g/mol. The van der Waals surface area contributed by atoms with Crippen molar-refractivity contribution in [2.75, 3.05) is 10.6 Å². The summed E-state index contributed by atoms with van der Waals surface area (Å²) in [5, 5.41) is 19.1. The second kappa shape index (κ2) is 8.61. The number of carbonyl (C=O) groups is 2. The second-order valence-corrected chi connectivity index (χ2v) is 5.91. The lowest BCUT2D eigenvalue weighted by Gasteiger charge is -2.14. The zero-order valence-corrected chi connectivity index (χ0v) is 14.5. The van der Waals surface area contributed by atoms with E-state index in [9.17, 15) is 19.7 Å². The fourth-order valence-corrected chi connectivity index (χ4v) is 2.33. The van der Waals surface area contributed by atoms with Gasteiger partial charge in [0.15, 0.2) is 0 Å². The molecule has 0 fully saturated rings. The summed E-state index contributed by atoms with van der Waals surface area (Å²) < 4.78 is 0. The number of nitro groups is 1. The lowest BCUT2D eigenvalue weighted by molar-refractivity contribution is -0.385. The van der Waals surface area contributed by atoms with Crippen molar-refractivity contribution in [3.63, 3.8) is 0 Å². The van der Waals surface area contributed by atoms with Gasteiger partial charge in [0.1, 0.15) is 0 Å². The quantitative estimate of drug-likeness (QED) is 0.544. The molecule has 2 aromatic rings. The molecule has 0 heterocycles. The predicted octanol–water partition coefficient (Wildman–Crippen LogP) is 3.31. The van der Waals surface area contributed by atoms with E-state index in [2.05, 4.69) is 16.0 Å². The van der Waals surface area contributed by atoms with E-state index in [0.29, 0.717) is 16.9 Å². The molecule has 0 unspecified atom stereocenters. The number of para-hydroxylation sites is 3. The van der Waals surface area contributed by atoms with Gasteiger partial charge in [-0.3, -0.25) is 14.9 Å². The van der Waals surface area contributed by atoms with Gasteiger partial charge in [-0.1, -0.05) is 30.3 Å². The van der Waals surface area contributed by atoms with Crippen molar-refractivity contribution >= 4 is 29.0 Å². The van der Waals surface area contributed by atoms with Gasteiger partial charge in [-0.15, -0.1) is 0 Å². The Morgan fingerprint density at radius 3 is 2.19 bits per heavy atom. The minimum Gasteiger partial charge on any atom is -0.336 e. The maximum Gasteiger partial charge on any atom is 0.319 e. The number of hydrogen-bond donors (Lipinski definition) is 3. The third-order valence-electron chi connectivity index (χ3n) is 3.41. The zero-order chi connectivity index (χ0) is 19.1. The molecule has 0 bridgehead atoms. The summed E-state index contributed by atoms with van der Waals surface area (Å²) in [6.07, 6.45) is -0.149. The van der Waals surface area contributed by atoms with Crippen LogP contribution in [-0.4, -0.2) is 22.9 Å². The summed E-state index contributed by atoms with van der Waals surface area (Å²) in [6, 6.07) is 12.4. The molecule has 136 valence electrons. The Kier molecular flexibility index (Phi) is 6.26. The summed E-state index contributed by atoms with van der Waals surface area (Å²) in [5.74, 6) is -0.419. The molecule has 0 aliphatic heterocycles. The summed E-state index contributed by atoms with van der Waals surface area (Å²) in [7, 11) is 0. The molecule has 8 nitrogen and oxygen atoms in total. The van der Waals surface area contributed by atoms with Gasteiger partial charge in [-0.2, -0.15) is 0 Å². The van der Waals surface area contributed by atoms with Crippen LogP contribution >= 0.6 is 0 Å². The van der Waals surface area contributed by atoms with Crippen molar-refractivity contribution in [1.82, 2.24) is 5.32 Å². The molecule has 3 N–H and O–H groups in total. The van der Waals surface area contributed by atoms with Crippen LogP contribution in [0.1, 0.15) is 19.4 Å². The molecule has 2 rings (SSSR count). The van der Waals surface area contributed by atoms with E-state index >= 15 is 0 Å². The first kappa shape index (κ1) is 18.9. The molecule has 0 spiro atoms. The van der Waals surface area contributed by atoms with Gasteiger partial charge in [-0.05, 0) is 26.0 Å². The van der Waals surface area contributed by atoms with Crippen molar-refractivity contribution in [2.24, 2.45) is 0 Å². The molecule has 0 saturated carbocycles. The number of nitrogens with zero attached hydrogens (tertiary/aromatic N) is 1. The number of nitrogens with one attached hydrogen (secondary N) is 3. The Balaban J connectivity index is 2.10. The van der Waals surface area contributed by atoms with Gasteiger partial charge in [0.05, 0.1) is 22.7 Å². The van der Waals surface area contributed by atoms with Crippen molar-refractivity contribution < 1.29 is 14.5 Å². The normalized spacial score (nSPS) is 10.3. The highest BCUT2D eigenvalue weighted by molar-refractivity contribution is 5.99. The van der Waals surface area contributed by atoms with Gasteiger partial charge in [0.2, 0.25) is 5.91 Å². The minimum absolute atomic E-state index is 0.0321. The molecule has 0 saturated heterocycles. The van der Waals surface area contributed by atoms with Crippen LogP contribution in [0.5, 0.6) is 0 Å². The van der Waals surface area contributed by atoms with Gasteiger partial charge < -0.3 is 16.0 Å². The first-order valence-corrected chi connectivity index (χ1v) is 8.05. The Morgan fingerprint density at radius 2 is 1.58 bits per heavy atom. The SMILES string of the molecule is CC(C)NC(=O)Nc1ccccc1NC(=O)Cc1ccccc1[N+](=O)[O-]. The number of rotatable bonds is 6. The average molecular weight is 356 g/mol. The highest BCUT2D eigenvalue weighted by Crippen LogP contribution is 2.23. The number of benzene rings is 2. The molecule has 0 atom stereocenters. The van der Waals surface area contributed by atoms with Crippen LogP contribution in [0.3, 0.4) is 0 Å². The third kappa shape index (κ3) is 5.30. The van der Waals surface area contributed by atoms with Gasteiger partial charge in [-0.25, -0.2) is 4.79 Å². The largest absolute Gasteiger partial charge is 0.336 e. The van der Waals surface area contributed by atoms with Gasteiger partial charge in [0, 0.05) is 17.7 Å². The highest BCUT2D eigenvalue weighted by atomic mass is 16.6. The van der Waals surface area contributed by atoms with E-state index < -0.39 is 10.8 Å². The summed E-state index contributed by atoms with van der Waals surface area (Å²) >= 11 is 0. The van der Waals surface area contributed by atoms with Crippen molar-refractivity contribution in [2.45, 2.75) is 26.3 Å². The maximum absolute atomic E-state index is 12.3. The molecule has 0 aromatic heterocycles. The lowest BCUT2D eigenvalue weighted by atomic mass is 10.1. The summed E-state index contributed by atoms with van der Waals surface area (Å²) in [5.41, 5.74) is 1.06. The van der Waals surface area contributed by atoms with Crippen molar-refractivity contribution in [3.05, 3.63) is 64.2 Å². The maximum atomic E-state index is 12.3. The van der Waals surface area contributed by atoms with Crippen molar-refractivity contribution in [3.8, 4) is 0 Å². The summed E-state index contributed by atoms with van der Waals surface area (Å²) in [6.45, 7) is 3.67. The molecule has 0 radical (unpaired) electrons. The second-order valence-electron chi connectivity index (χ2n) is 5.91. The molecule has 8 heteroatoms.